The van der Waals surface area contributed by atoms with E-state index < -0.39 is 10.0 Å². The molecule has 26 heavy (non-hydrogen) atoms. The lowest BCUT2D eigenvalue weighted by atomic mass is 10.2. The summed E-state index contributed by atoms with van der Waals surface area (Å²) in [6.45, 7) is 0. The first-order valence-corrected chi connectivity index (χ1v) is 9.98. The molecular weight excluding hydrogens is 372 g/mol. The number of pyridine rings is 1. The van der Waals surface area contributed by atoms with Gasteiger partial charge in [-0.25, -0.2) is 18.4 Å². The number of methoxy groups -OCH3 is 1. The van der Waals surface area contributed by atoms with Gasteiger partial charge in [-0.15, -0.1) is 11.3 Å². The van der Waals surface area contributed by atoms with Crippen LogP contribution in [0.4, 0.5) is 5.69 Å². The van der Waals surface area contributed by atoms with Crippen LogP contribution in [-0.2, 0) is 10.0 Å². The minimum Gasteiger partial charge on any atom is -0.495 e. The number of hydrogen-bond donors (Lipinski definition) is 2. The van der Waals surface area contributed by atoms with Crippen molar-refractivity contribution >= 4 is 38.2 Å². The number of benzene rings is 1. The number of anilines is 1. The molecule has 0 aliphatic rings. The fourth-order valence-electron chi connectivity index (χ4n) is 2.53. The second kappa shape index (κ2) is 6.43. The number of H-pyrrole nitrogens is 1. The van der Waals surface area contributed by atoms with E-state index in [1.165, 1.54) is 7.11 Å². The van der Waals surface area contributed by atoms with Crippen LogP contribution in [0.1, 0.15) is 0 Å². The molecule has 0 fully saturated rings. The summed E-state index contributed by atoms with van der Waals surface area (Å²) >= 11 is 1.15. The minimum atomic E-state index is -3.68. The molecule has 0 bridgehead atoms. The van der Waals surface area contributed by atoms with Gasteiger partial charge in [0.15, 0.2) is 5.65 Å². The molecule has 0 radical (unpaired) electrons. The summed E-state index contributed by atoms with van der Waals surface area (Å²) < 4.78 is 33.2. The van der Waals surface area contributed by atoms with E-state index in [1.54, 1.807) is 41.9 Å². The molecule has 7 nitrogen and oxygen atoms in total. The Hall–Kier alpha value is -2.91. The van der Waals surface area contributed by atoms with E-state index in [-0.39, 0.29) is 4.21 Å². The largest absolute Gasteiger partial charge is 0.495 e. The van der Waals surface area contributed by atoms with E-state index in [9.17, 15) is 8.42 Å². The first-order chi connectivity index (χ1) is 12.6. The molecule has 4 aromatic rings. The highest BCUT2D eigenvalue weighted by Gasteiger charge is 2.18. The number of fused-ring (bicyclic) bond motifs is 1. The molecular formula is C17H14N4O3S2. The van der Waals surface area contributed by atoms with Gasteiger partial charge in [-0.3, -0.25) is 4.72 Å². The Balaban J connectivity index is 1.76. The highest BCUT2D eigenvalue weighted by molar-refractivity contribution is 7.94. The SMILES string of the molecule is COc1ccc(-c2nc3ncccc3[nH]2)cc1NS(=O)(=O)c1cccs1. The van der Waals surface area contributed by atoms with Crippen LogP contribution in [0.15, 0.2) is 58.3 Å². The van der Waals surface area contributed by atoms with E-state index in [2.05, 4.69) is 19.7 Å². The average Bonchev–Trinajstić information content (AvgIpc) is 3.31. The maximum Gasteiger partial charge on any atom is 0.271 e. The zero-order valence-corrected chi connectivity index (χ0v) is 15.3. The maximum absolute atomic E-state index is 12.5. The number of imidazole rings is 1. The third-order valence-electron chi connectivity index (χ3n) is 3.73. The van der Waals surface area contributed by atoms with E-state index in [1.807, 2.05) is 12.1 Å². The zero-order chi connectivity index (χ0) is 18.1. The summed E-state index contributed by atoms with van der Waals surface area (Å²) in [5.74, 6) is 1.01. The normalized spacial score (nSPS) is 11.6. The van der Waals surface area contributed by atoms with Crippen molar-refractivity contribution in [1.82, 2.24) is 15.0 Å². The average molecular weight is 386 g/mol. The second-order valence-electron chi connectivity index (χ2n) is 5.41. The van der Waals surface area contributed by atoms with Crippen molar-refractivity contribution in [2.75, 3.05) is 11.8 Å². The van der Waals surface area contributed by atoms with Crippen molar-refractivity contribution in [1.29, 1.82) is 0 Å². The third-order valence-corrected chi connectivity index (χ3v) is 6.50. The Morgan fingerprint density at radius 1 is 1.19 bits per heavy atom. The van der Waals surface area contributed by atoms with Gasteiger partial charge >= 0.3 is 0 Å². The van der Waals surface area contributed by atoms with Crippen molar-refractivity contribution in [3.05, 3.63) is 54.0 Å². The summed E-state index contributed by atoms with van der Waals surface area (Å²) in [7, 11) is -2.19. The van der Waals surface area contributed by atoms with Gasteiger partial charge in [-0.2, -0.15) is 0 Å². The molecule has 132 valence electrons. The number of hydrogen-bond acceptors (Lipinski definition) is 6. The van der Waals surface area contributed by atoms with Gasteiger partial charge in [0, 0.05) is 11.8 Å². The van der Waals surface area contributed by atoms with Gasteiger partial charge in [0.25, 0.3) is 10.0 Å². The van der Waals surface area contributed by atoms with Crippen LogP contribution in [0, 0.1) is 0 Å². The summed E-state index contributed by atoms with van der Waals surface area (Å²) in [6.07, 6.45) is 1.67. The molecule has 0 atom stereocenters. The van der Waals surface area contributed by atoms with Gasteiger partial charge in [0.1, 0.15) is 15.8 Å². The first kappa shape index (κ1) is 16.6. The monoisotopic (exact) mass is 386 g/mol. The number of nitrogens with zero attached hydrogens (tertiary/aromatic N) is 2. The smallest absolute Gasteiger partial charge is 0.271 e. The molecule has 3 aromatic heterocycles. The summed E-state index contributed by atoms with van der Waals surface area (Å²) in [6, 6.07) is 12.1. The topological polar surface area (TPSA) is 97.0 Å². The lowest BCUT2D eigenvalue weighted by molar-refractivity contribution is 0.417. The van der Waals surface area contributed by atoms with E-state index in [0.29, 0.717) is 28.5 Å². The Labute approximate surface area is 153 Å². The molecule has 9 heteroatoms. The van der Waals surface area contributed by atoms with Crippen LogP contribution in [0.5, 0.6) is 5.75 Å². The minimum absolute atomic E-state index is 0.234. The van der Waals surface area contributed by atoms with Crippen LogP contribution in [0.2, 0.25) is 0 Å². The third kappa shape index (κ3) is 3.02. The number of sulfonamides is 1. The molecule has 2 N–H and O–H groups in total. The predicted molar refractivity (Wildman–Crippen MR) is 101 cm³/mol. The van der Waals surface area contributed by atoms with Crippen molar-refractivity contribution in [2.24, 2.45) is 0 Å². The van der Waals surface area contributed by atoms with Crippen molar-refractivity contribution in [2.45, 2.75) is 4.21 Å². The maximum atomic E-state index is 12.5. The first-order valence-electron chi connectivity index (χ1n) is 7.62. The molecule has 0 amide bonds. The molecule has 1 aromatic carbocycles. The van der Waals surface area contributed by atoms with E-state index in [4.69, 9.17) is 4.74 Å². The van der Waals surface area contributed by atoms with Gasteiger partial charge in [0.05, 0.1) is 18.3 Å². The molecule has 0 aliphatic heterocycles. The predicted octanol–water partition coefficient (Wildman–Crippen LogP) is 3.50. The van der Waals surface area contributed by atoms with Gasteiger partial charge in [-0.05, 0) is 41.8 Å². The number of rotatable bonds is 5. The quantitative estimate of drug-likeness (QED) is 0.547. The van der Waals surface area contributed by atoms with Gasteiger partial charge in [0.2, 0.25) is 0 Å². The summed E-state index contributed by atoms with van der Waals surface area (Å²) in [5.41, 5.74) is 2.46. The van der Waals surface area contributed by atoms with Crippen LogP contribution >= 0.6 is 11.3 Å². The molecule has 3 heterocycles. The van der Waals surface area contributed by atoms with Gasteiger partial charge in [-0.1, -0.05) is 6.07 Å². The molecule has 0 saturated carbocycles. The van der Waals surface area contributed by atoms with Crippen LogP contribution < -0.4 is 9.46 Å². The fraction of sp³-hybridized carbons (Fsp3) is 0.0588. The Morgan fingerprint density at radius 3 is 2.81 bits per heavy atom. The zero-order valence-electron chi connectivity index (χ0n) is 13.6. The lowest BCUT2D eigenvalue weighted by Gasteiger charge is -2.12. The molecule has 0 spiro atoms. The van der Waals surface area contributed by atoms with Crippen molar-refractivity contribution < 1.29 is 13.2 Å². The highest BCUT2D eigenvalue weighted by atomic mass is 32.2. The van der Waals surface area contributed by atoms with Crippen molar-refractivity contribution in [3.8, 4) is 17.1 Å². The van der Waals surface area contributed by atoms with E-state index >= 15 is 0 Å². The molecule has 0 aliphatic carbocycles. The number of thiophene rings is 1. The Morgan fingerprint density at radius 2 is 2.08 bits per heavy atom. The number of aromatic amines is 1. The Kier molecular flexibility index (Phi) is 4.09. The van der Waals surface area contributed by atoms with Crippen LogP contribution in [0.3, 0.4) is 0 Å². The number of ether oxygens (including phenoxy) is 1. The second-order valence-corrected chi connectivity index (χ2v) is 8.27. The number of aromatic nitrogens is 3. The van der Waals surface area contributed by atoms with Gasteiger partial charge < -0.3 is 9.72 Å². The molecule has 4 rings (SSSR count). The molecule has 0 saturated heterocycles. The van der Waals surface area contributed by atoms with Crippen LogP contribution in [0.25, 0.3) is 22.6 Å². The lowest BCUT2D eigenvalue weighted by Crippen LogP contribution is -2.12. The van der Waals surface area contributed by atoms with Crippen molar-refractivity contribution in [3.63, 3.8) is 0 Å². The standard InChI is InChI=1S/C17H14N4O3S2/c1-24-14-7-6-11(16-19-12-4-2-8-18-17(12)20-16)10-13(14)21-26(22,23)15-5-3-9-25-15/h2-10,21H,1H3,(H,18,19,20). The Bertz CT molecular complexity index is 1130. The fourth-order valence-corrected chi connectivity index (χ4v) is 4.58. The highest BCUT2D eigenvalue weighted by Crippen LogP contribution is 2.32. The summed E-state index contributed by atoms with van der Waals surface area (Å²) in [4.78, 5) is 11.8. The summed E-state index contributed by atoms with van der Waals surface area (Å²) in [5, 5.41) is 1.71. The molecule has 0 unspecified atom stereocenters. The van der Waals surface area contributed by atoms with Crippen LogP contribution in [-0.4, -0.2) is 30.5 Å². The van der Waals surface area contributed by atoms with E-state index in [0.717, 1.165) is 16.9 Å². The number of nitrogens with one attached hydrogen (secondary N) is 2.